The second kappa shape index (κ2) is 8.58. The summed E-state index contributed by atoms with van der Waals surface area (Å²) in [6.45, 7) is 0.990. The van der Waals surface area contributed by atoms with Crippen molar-refractivity contribution < 1.29 is 9.53 Å². The van der Waals surface area contributed by atoms with Crippen molar-refractivity contribution in [1.82, 2.24) is 20.0 Å². The number of aromatic nitrogens is 4. The lowest BCUT2D eigenvalue weighted by Crippen LogP contribution is -2.12. The third-order valence-electron chi connectivity index (χ3n) is 3.45. The van der Waals surface area contributed by atoms with Crippen molar-refractivity contribution in [3.63, 3.8) is 0 Å². The van der Waals surface area contributed by atoms with E-state index in [4.69, 9.17) is 4.74 Å². The van der Waals surface area contributed by atoms with Crippen LogP contribution in [-0.2, 0) is 17.9 Å². The van der Waals surface area contributed by atoms with Gasteiger partial charge in [0.2, 0.25) is 5.91 Å². The maximum absolute atomic E-state index is 11.9. The van der Waals surface area contributed by atoms with Crippen molar-refractivity contribution in [1.29, 1.82) is 0 Å². The summed E-state index contributed by atoms with van der Waals surface area (Å²) in [7, 11) is 0. The van der Waals surface area contributed by atoms with E-state index in [9.17, 15) is 4.79 Å². The minimum absolute atomic E-state index is 0.0410. The molecule has 7 nitrogen and oxygen atoms in total. The third-order valence-corrected chi connectivity index (χ3v) is 3.45. The molecule has 128 valence electrons. The number of carbonyl (C=O) groups excluding carboxylic acids is 1. The van der Waals surface area contributed by atoms with E-state index in [0.717, 1.165) is 11.4 Å². The van der Waals surface area contributed by atoms with E-state index in [2.05, 4.69) is 20.6 Å². The van der Waals surface area contributed by atoms with Crippen molar-refractivity contribution in [2.75, 3.05) is 5.32 Å². The summed E-state index contributed by atoms with van der Waals surface area (Å²) < 4.78 is 7.35. The fourth-order valence-electron chi connectivity index (χ4n) is 2.25. The zero-order chi connectivity index (χ0) is 17.3. The quantitative estimate of drug-likeness (QED) is 0.683. The average Bonchev–Trinajstić information content (AvgIpc) is 3.09. The number of carbonyl (C=O) groups is 1. The molecule has 0 bridgehead atoms. The number of hydrogen-bond donors (Lipinski definition) is 1. The van der Waals surface area contributed by atoms with Crippen molar-refractivity contribution in [2.45, 2.75) is 26.0 Å². The maximum Gasteiger partial charge on any atom is 0.224 e. The van der Waals surface area contributed by atoms with E-state index in [1.807, 2.05) is 36.5 Å². The van der Waals surface area contributed by atoms with Crippen LogP contribution in [0.4, 0.5) is 5.69 Å². The van der Waals surface area contributed by atoms with Gasteiger partial charge in [-0.15, -0.1) is 5.10 Å². The Morgan fingerprint density at radius 3 is 2.84 bits per heavy atom. The molecule has 0 radical (unpaired) electrons. The lowest BCUT2D eigenvalue weighted by Gasteiger charge is -2.04. The molecule has 3 aromatic rings. The highest BCUT2D eigenvalue weighted by Crippen LogP contribution is 2.10. The topological polar surface area (TPSA) is 81.9 Å². The van der Waals surface area contributed by atoms with Gasteiger partial charge in [-0.05, 0) is 30.7 Å². The number of nitrogens with one attached hydrogen (secondary N) is 1. The highest BCUT2D eigenvalue weighted by Gasteiger charge is 2.05. The predicted octanol–water partition coefficient (Wildman–Crippen LogP) is 2.67. The molecule has 1 N–H and O–H groups in total. The molecule has 7 heteroatoms. The molecule has 0 aliphatic carbocycles. The number of aryl methyl sites for hydroxylation is 1. The number of para-hydroxylation sites is 1. The third kappa shape index (κ3) is 5.42. The lowest BCUT2D eigenvalue weighted by molar-refractivity contribution is -0.116. The fourth-order valence-corrected chi connectivity index (χ4v) is 2.25. The zero-order valence-corrected chi connectivity index (χ0v) is 13.7. The Hall–Kier alpha value is -3.22. The SMILES string of the molecule is O=C(CCCn1cc(COc2ccccc2)nn1)Nc1cccnc1. The molecule has 0 unspecified atom stereocenters. The molecule has 3 rings (SSSR count). The molecular weight excluding hydrogens is 318 g/mol. The molecular formula is C18H19N5O2. The first-order valence-corrected chi connectivity index (χ1v) is 8.06. The maximum atomic E-state index is 11.9. The molecule has 25 heavy (non-hydrogen) atoms. The van der Waals surface area contributed by atoms with Crippen LogP contribution in [0.5, 0.6) is 5.75 Å². The fraction of sp³-hybridized carbons (Fsp3) is 0.222. The summed E-state index contributed by atoms with van der Waals surface area (Å²) in [5, 5.41) is 10.9. The number of ether oxygens (including phenoxy) is 1. The van der Waals surface area contributed by atoms with Gasteiger partial charge in [-0.25, -0.2) is 0 Å². The van der Waals surface area contributed by atoms with Gasteiger partial charge in [0, 0.05) is 19.2 Å². The molecule has 2 heterocycles. The van der Waals surface area contributed by atoms with Gasteiger partial charge in [0.15, 0.2) is 0 Å². The smallest absolute Gasteiger partial charge is 0.224 e. The monoisotopic (exact) mass is 337 g/mol. The average molecular weight is 337 g/mol. The molecule has 0 spiro atoms. The van der Waals surface area contributed by atoms with Crippen LogP contribution in [0.3, 0.4) is 0 Å². The van der Waals surface area contributed by atoms with Gasteiger partial charge in [0.25, 0.3) is 0 Å². The predicted molar refractivity (Wildman–Crippen MR) is 92.9 cm³/mol. The number of anilines is 1. The van der Waals surface area contributed by atoms with Crippen molar-refractivity contribution in [3.8, 4) is 5.75 Å². The molecule has 1 amide bonds. The summed E-state index contributed by atoms with van der Waals surface area (Å²) in [6.07, 6.45) is 6.20. The Morgan fingerprint density at radius 1 is 1.16 bits per heavy atom. The molecule has 1 aromatic carbocycles. The van der Waals surface area contributed by atoms with E-state index < -0.39 is 0 Å². The molecule has 2 aromatic heterocycles. The molecule has 0 atom stereocenters. The van der Waals surface area contributed by atoms with Crippen LogP contribution in [0.15, 0.2) is 61.1 Å². The molecule has 0 aliphatic rings. The molecule has 0 saturated heterocycles. The minimum Gasteiger partial charge on any atom is -0.487 e. The molecule has 0 saturated carbocycles. The Kier molecular flexibility index (Phi) is 5.71. The molecule has 0 fully saturated rings. The van der Waals surface area contributed by atoms with Crippen molar-refractivity contribution >= 4 is 11.6 Å². The molecule has 0 aliphatic heterocycles. The largest absolute Gasteiger partial charge is 0.487 e. The standard InChI is InChI=1S/C18H19N5O2/c24-18(20-15-6-4-10-19-12-15)9-5-11-23-13-16(21-22-23)14-25-17-7-2-1-3-8-17/h1-4,6-8,10,12-13H,5,9,11,14H2,(H,20,24). The van der Waals surface area contributed by atoms with Crippen LogP contribution in [0.1, 0.15) is 18.5 Å². The second-order valence-electron chi connectivity index (χ2n) is 5.47. The Morgan fingerprint density at radius 2 is 2.04 bits per heavy atom. The zero-order valence-electron chi connectivity index (χ0n) is 13.7. The van der Waals surface area contributed by atoms with Crippen LogP contribution < -0.4 is 10.1 Å². The van der Waals surface area contributed by atoms with E-state index in [0.29, 0.717) is 31.7 Å². The number of pyridine rings is 1. The van der Waals surface area contributed by atoms with E-state index >= 15 is 0 Å². The summed E-state index contributed by atoms with van der Waals surface area (Å²) in [4.78, 5) is 15.8. The number of hydrogen-bond acceptors (Lipinski definition) is 5. The minimum atomic E-state index is -0.0410. The summed E-state index contributed by atoms with van der Waals surface area (Å²) in [5.74, 6) is 0.755. The Balaban J connectivity index is 1.39. The summed E-state index contributed by atoms with van der Waals surface area (Å²) >= 11 is 0. The lowest BCUT2D eigenvalue weighted by atomic mass is 10.3. The van der Waals surface area contributed by atoms with Crippen molar-refractivity contribution in [2.24, 2.45) is 0 Å². The van der Waals surface area contributed by atoms with Crippen molar-refractivity contribution in [3.05, 3.63) is 66.7 Å². The normalized spacial score (nSPS) is 10.4. The first-order valence-electron chi connectivity index (χ1n) is 8.06. The van der Waals surface area contributed by atoms with Gasteiger partial charge < -0.3 is 10.1 Å². The number of benzene rings is 1. The van der Waals surface area contributed by atoms with Gasteiger partial charge in [-0.3, -0.25) is 14.5 Å². The second-order valence-corrected chi connectivity index (χ2v) is 5.47. The Bertz CT molecular complexity index is 789. The van der Waals surface area contributed by atoms with Gasteiger partial charge in [-0.1, -0.05) is 23.4 Å². The van der Waals surface area contributed by atoms with E-state index in [1.165, 1.54) is 0 Å². The van der Waals surface area contributed by atoms with Crippen LogP contribution in [-0.4, -0.2) is 25.9 Å². The summed E-state index contributed by atoms with van der Waals surface area (Å²) in [5.41, 5.74) is 1.46. The van der Waals surface area contributed by atoms with E-state index in [1.54, 1.807) is 29.2 Å². The van der Waals surface area contributed by atoms with Gasteiger partial charge >= 0.3 is 0 Å². The van der Waals surface area contributed by atoms with Crippen LogP contribution >= 0.6 is 0 Å². The summed E-state index contributed by atoms with van der Waals surface area (Å²) in [6, 6.07) is 13.2. The van der Waals surface area contributed by atoms with Crippen LogP contribution in [0.25, 0.3) is 0 Å². The van der Waals surface area contributed by atoms with Crippen LogP contribution in [0, 0.1) is 0 Å². The Labute approximate surface area is 145 Å². The number of rotatable bonds is 8. The first kappa shape index (κ1) is 16.6. The first-order chi connectivity index (χ1) is 12.3. The number of nitrogens with zero attached hydrogens (tertiary/aromatic N) is 4. The van der Waals surface area contributed by atoms with Crippen LogP contribution in [0.2, 0.25) is 0 Å². The van der Waals surface area contributed by atoms with Gasteiger partial charge in [0.05, 0.1) is 18.1 Å². The highest BCUT2D eigenvalue weighted by molar-refractivity contribution is 5.90. The van der Waals surface area contributed by atoms with E-state index in [-0.39, 0.29) is 5.91 Å². The van der Waals surface area contributed by atoms with Gasteiger partial charge in [-0.2, -0.15) is 0 Å². The highest BCUT2D eigenvalue weighted by atomic mass is 16.5. The van der Waals surface area contributed by atoms with Gasteiger partial charge in [0.1, 0.15) is 18.1 Å². The number of amides is 1.